The maximum Gasteiger partial charge on any atom is 0.265 e. The molecule has 0 saturated heterocycles. The van der Waals surface area contributed by atoms with Gasteiger partial charge in [-0.1, -0.05) is 30.3 Å². The average molecular weight is 401 g/mol. The first-order chi connectivity index (χ1) is 13.2. The topological polar surface area (TPSA) is 37.4 Å². The Morgan fingerprint density at radius 1 is 0.893 bits per heavy atom. The molecule has 0 radical (unpaired) electrons. The van der Waals surface area contributed by atoms with Gasteiger partial charge in [-0.25, -0.2) is 17.2 Å². The monoisotopic (exact) mass is 401 g/mol. The predicted molar refractivity (Wildman–Crippen MR) is 107 cm³/mol. The molecule has 3 aromatic rings. The third kappa shape index (κ3) is 3.78. The summed E-state index contributed by atoms with van der Waals surface area (Å²) in [6.45, 7) is 5.03. The first-order valence-electron chi connectivity index (χ1n) is 8.83. The van der Waals surface area contributed by atoms with E-state index in [1.54, 1.807) is 43.3 Å². The van der Waals surface area contributed by atoms with Crippen molar-refractivity contribution in [2.75, 3.05) is 4.31 Å². The van der Waals surface area contributed by atoms with Crippen LogP contribution in [0.15, 0.2) is 71.6 Å². The lowest BCUT2D eigenvalue weighted by Crippen LogP contribution is -2.34. The van der Waals surface area contributed by atoms with Crippen LogP contribution in [0, 0.1) is 25.5 Å². The second-order valence-corrected chi connectivity index (χ2v) is 8.53. The zero-order valence-electron chi connectivity index (χ0n) is 15.9. The number of nitrogens with zero attached hydrogens (tertiary/aromatic N) is 1. The van der Waals surface area contributed by atoms with Gasteiger partial charge in [-0.3, -0.25) is 4.31 Å². The maximum absolute atomic E-state index is 14.4. The number of sulfonamides is 1. The first-order valence-corrected chi connectivity index (χ1v) is 10.3. The molecule has 0 heterocycles. The summed E-state index contributed by atoms with van der Waals surface area (Å²) in [7, 11) is -4.08. The van der Waals surface area contributed by atoms with Gasteiger partial charge in [-0.05, 0) is 68.3 Å². The Morgan fingerprint density at radius 2 is 1.61 bits per heavy atom. The van der Waals surface area contributed by atoms with Gasteiger partial charge in [-0.2, -0.15) is 0 Å². The van der Waals surface area contributed by atoms with Crippen molar-refractivity contribution in [1.29, 1.82) is 0 Å². The van der Waals surface area contributed by atoms with Crippen LogP contribution in [0.1, 0.15) is 29.7 Å². The SMILES string of the molecule is Cc1cccc(N([C@H](C)c2ccccc2F)S(=O)(=O)c2ccc(F)cc2C)c1. The van der Waals surface area contributed by atoms with Crippen LogP contribution >= 0.6 is 0 Å². The molecule has 3 aromatic carbocycles. The van der Waals surface area contributed by atoms with Crippen LogP contribution in [-0.2, 0) is 10.0 Å². The van der Waals surface area contributed by atoms with Gasteiger partial charge in [0, 0.05) is 5.56 Å². The van der Waals surface area contributed by atoms with E-state index in [-0.39, 0.29) is 10.5 Å². The van der Waals surface area contributed by atoms with Crippen LogP contribution in [0.2, 0.25) is 0 Å². The molecule has 0 fully saturated rings. The van der Waals surface area contributed by atoms with Crippen LogP contribution in [0.3, 0.4) is 0 Å². The molecule has 0 bridgehead atoms. The van der Waals surface area contributed by atoms with E-state index in [9.17, 15) is 17.2 Å². The summed E-state index contributed by atoms with van der Waals surface area (Å²) in [5.74, 6) is -1.00. The Hall–Kier alpha value is -2.73. The lowest BCUT2D eigenvalue weighted by atomic mass is 10.1. The number of aryl methyl sites for hydroxylation is 2. The van der Waals surface area contributed by atoms with Gasteiger partial charge in [0.2, 0.25) is 0 Å². The number of benzene rings is 3. The quantitative estimate of drug-likeness (QED) is 0.563. The fraction of sp³-hybridized carbons (Fsp3) is 0.182. The van der Waals surface area contributed by atoms with Crippen LogP contribution in [0.25, 0.3) is 0 Å². The van der Waals surface area contributed by atoms with Gasteiger partial charge >= 0.3 is 0 Å². The lowest BCUT2D eigenvalue weighted by molar-refractivity contribution is 0.568. The summed E-state index contributed by atoms with van der Waals surface area (Å²) in [4.78, 5) is -0.0152. The molecule has 3 rings (SSSR count). The number of halogens is 2. The van der Waals surface area contributed by atoms with E-state index < -0.39 is 27.7 Å². The Kier molecular flexibility index (Phi) is 5.52. The highest BCUT2D eigenvalue weighted by molar-refractivity contribution is 7.92. The number of anilines is 1. The fourth-order valence-corrected chi connectivity index (χ4v) is 5.12. The molecule has 0 aliphatic rings. The zero-order chi connectivity index (χ0) is 20.5. The molecular weight excluding hydrogens is 380 g/mol. The standard InChI is InChI=1S/C22H21F2NO2S/c1-15-7-6-8-19(13-15)25(17(3)20-9-4-5-10-21(20)24)28(26,27)22-12-11-18(23)14-16(22)2/h4-14,17H,1-3H3/t17-/m1/s1. The Balaban J connectivity index is 2.23. The van der Waals surface area contributed by atoms with Crippen LogP contribution < -0.4 is 4.31 Å². The van der Waals surface area contributed by atoms with Gasteiger partial charge in [-0.15, -0.1) is 0 Å². The molecule has 28 heavy (non-hydrogen) atoms. The largest absolute Gasteiger partial charge is 0.265 e. The van der Waals surface area contributed by atoms with Crippen molar-refractivity contribution in [1.82, 2.24) is 0 Å². The molecule has 1 atom stereocenters. The summed E-state index contributed by atoms with van der Waals surface area (Å²) < 4.78 is 56.3. The molecule has 0 aliphatic carbocycles. The van der Waals surface area contributed by atoms with Crippen molar-refractivity contribution >= 4 is 15.7 Å². The third-order valence-corrected chi connectivity index (χ3v) is 6.70. The van der Waals surface area contributed by atoms with E-state index in [1.807, 2.05) is 13.0 Å². The molecule has 0 amide bonds. The van der Waals surface area contributed by atoms with E-state index >= 15 is 0 Å². The highest BCUT2D eigenvalue weighted by atomic mass is 32.2. The van der Waals surface area contributed by atoms with Gasteiger partial charge in [0.15, 0.2) is 0 Å². The van der Waals surface area contributed by atoms with Crippen LogP contribution in [0.5, 0.6) is 0 Å². The summed E-state index contributed by atoms with van der Waals surface area (Å²) in [6.07, 6.45) is 0. The summed E-state index contributed by atoms with van der Waals surface area (Å²) in [5.41, 5.74) is 1.83. The summed E-state index contributed by atoms with van der Waals surface area (Å²) in [5, 5.41) is 0. The van der Waals surface area contributed by atoms with Crippen molar-refractivity contribution in [3.05, 3.63) is 95.1 Å². The highest BCUT2D eigenvalue weighted by Gasteiger charge is 2.32. The fourth-order valence-electron chi connectivity index (χ4n) is 3.28. The van der Waals surface area contributed by atoms with E-state index in [2.05, 4.69) is 0 Å². The maximum atomic E-state index is 14.4. The molecule has 0 spiro atoms. The minimum atomic E-state index is -4.08. The molecular formula is C22H21F2NO2S. The number of rotatable bonds is 5. The van der Waals surface area contributed by atoms with Crippen LogP contribution in [0.4, 0.5) is 14.5 Å². The van der Waals surface area contributed by atoms with Gasteiger partial charge in [0.05, 0.1) is 16.6 Å². The summed E-state index contributed by atoms with van der Waals surface area (Å²) >= 11 is 0. The van der Waals surface area contributed by atoms with Crippen molar-refractivity contribution in [3.63, 3.8) is 0 Å². The molecule has 0 aliphatic heterocycles. The number of hydrogen-bond acceptors (Lipinski definition) is 2. The van der Waals surface area contributed by atoms with Crippen molar-refractivity contribution in [2.45, 2.75) is 31.7 Å². The number of hydrogen-bond donors (Lipinski definition) is 0. The molecule has 0 saturated carbocycles. The van der Waals surface area contributed by atoms with Gasteiger partial charge in [0.1, 0.15) is 11.6 Å². The molecule has 0 unspecified atom stereocenters. The third-order valence-electron chi connectivity index (χ3n) is 4.64. The second kappa shape index (κ2) is 7.72. The van der Waals surface area contributed by atoms with Gasteiger partial charge in [0.25, 0.3) is 10.0 Å². The Labute approximate surface area is 164 Å². The summed E-state index contributed by atoms with van der Waals surface area (Å²) in [6, 6.07) is 15.8. The van der Waals surface area contributed by atoms with E-state index in [0.29, 0.717) is 11.3 Å². The van der Waals surface area contributed by atoms with Gasteiger partial charge < -0.3 is 0 Å². The zero-order valence-corrected chi connectivity index (χ0v) is 16.7. The average Bonchev–Trinajstić information content (AvgIpc) is 2.61. The smallest absolute Gasteiger partial charge is 0.259 e. The normalized spacial score (nSPS) is 12.6. The van der Waals surface area contributed by atoms with Crippen molar-refractivity contribution < 1.29 is 17.2 Å². The minimum absolute atomic E-state index is 0.0152. The van der Waals surface area contributed by atoms with E-state index in [1.165, 1.54) is 29.4 Å². The molecule has 0 N–H and O–H groups in total. The Morgan fingerprint density at radius 3 is 2.25 bits per heavy atom. The van der Waals surface area contributed by atoms with Crippen molar-refractivity contribution in [3.8, 4) is 0 Å². The minimum Gasteiger partial charge on any atom is -0.259 e. The highest BCUT2D eigenvalue weighted by Crippen LogP contribution is 2.35. The predicted octanol–water partition coefficient (Wildman–Crippen LogP) is 5.54. The first kappa shape index (κ1) is 20.0. The molecule has 146 valence electrons. The molecule has 6 heteroatoms. The van der Waals surface area contributed by atoms with Crippen molar-refractivity contribution in [2.24, 2.45) is 0 Å². The molecule has 3 nitrogen and oxygen atoms in total. The Bertz CT molecular complexity index is 1110. The molecule has 0 aromatic heterocycles. The van der Waals surface area contributed by atoms with Crippen LogP contribution in [-0.4, -0.2) is 8.42 Å². The lowest BCUT2D eigenvalue weighted by Gasteiger charge is -2.31. The van der Waals surface area contributed by atoms with E-state index in [4.69, 9.17) is 0 Å². The van der Waals surface area contributed by atoms with E-state index in [0.717, 1.165) is 11.6 Å². The second-order valence-electron chi connectivity index (χ2n) is 6.75.